The zero-order valence-electron chi connectivity index (χ0n) is 13.4. The van der Waals surface area contributed by atoms with Gasteiger partial charge in [-0.15, -0.1) is 0 Å². The van der Waals surface area contributed by atoms with Gasteiger partial charge in [0.05, 0.1) is 12.2 Å². The molecule has 7 heteroatoms. The average Bonchev–Trinajstić information content (AvgIpc) is 2.44. The van der Waals surface area contributed by atoms with Gasteiger partial charge in [-0.3, -0.25) is 0 Å². The Bertz CT molecular complexity index is 413. The number of ether oxygens (including phenoxy) is 1. The second-order valence-electron chi connectivity index (χ2n) is 6.19. The molecule has 124 valence electrons. The molecule has 3 unspecified atom stereocenters. The lowest BCUT2D eigenvalue weighted by molar-refractivity contribution is -0.0458. The Morgan fingerprint density at radius 2 is 1.95 bits per heavy atom. The summed E-state index contributed by atoms with van der Waals surface area (Å²) in [7, 11) is -3.41. The smallest absolute Gasteiger partial charge is 0.282 e. The number of rotatable bonds is 5. The highest BCUT2D eigenvalue weighted by Crippen LogP contribution is 2.22. The van der Waals surface area contributed by atoms with Gasteiger partial charge >= 0.3 is 0 Å². The summed E-state index contributed by atoms with van der Waals surface area (Å²) in [6.07, 6.45) is 2.73. The van der Waals surface area contributed by atoms with Crippen molar-refractivity contribution in [1.29, 1.82) is 0 Å². The molecule has 0 radical (unpaired) electrons. The molecule has 2 rings (SSSR count). The molecule has 21 heavy (non-hydrogen) atoms. The molecule has 0 saturated carbocycles. The molecular weight excluding hydrogens is 290 g/mol. The van der Waals surface area contributed by atoms with E-state index in [0.29, 0.717) is 19.6 Å². The quantitative estimate of drug-likeness (QED) is 0.814. The molecule has 3 atom stereocenters. The van der Waals surface area contributed by atoms with Crippen molar-refractivity contribution in [3.05, 3.63) is 0 Å². The maximum atomic E-state index is 13.0. The minimum atomic E-state index is -3.41. The Labute approximate surface area is 129 Å². The van der Waals surface area contributed by atoms with E-state index in [1.165, 1.54) is 0 Å². The maximum Gasteiger partial charge on any atom is 0.282 e. The molecule has 2 heterocycles. The van der Waals surface area contributed by atoms with Gasteiger partial charge in [0.15, 0.2) is 0 Å². The monoisotopic (exact) mass is 319 g/mol. The first-order valence-electron chi connectivity index (χ1n) is 8.08. The summed E-state index contributed by atoms with van der Waals surface area (Å²) in [5.74, 6) is 0. The van der Waals surface area contributed by atoms with Crippen LogP contribution in [0.3, 0.4) is 0 Å². The minimum Gasteiger partial charge on any atom is -0.373 e. The molecule has 0 spiro atoms. The summed E-state index contributed by atoms with van der Waals surface area (Å²) in [5.41, 5.74) is 0. The fraction of sp³-hybridized carbons (Fsp3) is 1.00. The summed E-state index contributed by atoms with van der Waals surface area (Å²) in [6, 6.07) is 0.0807. The Kier molecular flexibility index (Phi) is 6.02. The third kappa shape index (κ3) is 4.16. The molecule has 0 aromatic rings. The van der Waals surface area contributed by atoms with E-state index in [-0.39, 0.29) is 18.2 Å². The molecule has 2 aliphatic heterocycles. The molecule has 0 aliphatic carbocycles. The average molecular weight is 319 g/mol. The molecule has 2 saturated heterocycles. The molecule has 0 aromatic heterocycles. The van der Waals surface area contributed by atoms with Gasteiger partial charge in [0.25, 0.3) is 10.2 Å². The number of hydrogen-bond acceptors (Lipinski definition) is 4. The van der Waals surface area contributed by atoms with Gasteiger partial charge in [-0.25, -0.2) is 0 Å². The van der Waals surface area contributed by atoms with Crippen LogP contribution in [0.1, 0.15) is 40.0 Å². The van der Waals surface area contributed by atoms with Gasteiger partial charge < -0.3 is 10.1 Å². The van der Waals surface area contributed by atoms with E-state index in [1.54, 1.807) is 8.61 Å². The largest absolute Gasteiger partial charge is 0.373 e. The van der Waals surface area contributed by atoms with Crippen LogP contribution in [-0.2, 0) is 14.9 Å². The van der Waals surface area contributed by atoms with Gasteiger partial charge in [-0.05, 0) is 39.7 Å². The number of nitrogens with one attached hydrogen (secondary N) is 1. The fourth-order valence-electron chi connectivity index (χ4n) is 3.25. The molecule has 2 aliphatic rings. The highest BCUT2D eigenvalue weighted by molar-refractivity contribution is 7.86. The molecule has 0 aromatic carbocycles. The van der Waals surface area contributed by atoms with Crippen molar-refractivity contribution in [2.24, 2.45) is 0 Å². The lowest BCUT2D eigenvalue weighted by Crippen LogP contribution is -2.57. The third-order valence-electron chi connectivity index (χ3n) is 4.13. The zero-order valence-corrected chi connectivity index (χ0v) is 14.2. The summed E-state index contributed by atoms with van der Waals surface area (Å²) in [6.45, 7) is 9.14. The Morgan fingerprint density at radius 1 is 1.29 bits per heavy atom. The molecular formula is C14H29N3O3S. The highest BCUT2D eigenvalue weighted by Gasteiger charge is 2.38. The predicted molar refractivity (Wildman–Crippen MR) is 83.4 cm³/mol. The molecule has 0 bridgehead atoms. The van der Waals surface area contributed by atoms with Crippen molar-refractivity contribution in [3.8, 4) is 0 Å². The summed E-state index contributed by atoms with van der Waals surface area (Å²) < 4.78 is 35.0. The van der Waals surface area contributed by atoms with Crippen molar-refractivity contribution in [2.75, 3.05) is 32.7 Å². The Hall–Kier alpha value is -0.210. The van der Waals surface area contributed by atoms with Crippen molar-refractivity contribution in [1.82, 2.24) is 13.9 Å². The van der Waals surface area contributed by atoms with Gasteiger partial charge in [0.1, 0.15) is 0 Å². The highest BCUT2D eigenvalue weighted by atomic mass is 32.2. The van der Waals surface area contributed by atoms with Crippen molar-refractivity contribution in [3.63, 3.8) is 0 Å². The van der Waals surface area contributed by atoms with Gasteiger partial charge in [-0.2, -0.15) is 17.0 Å². The minimum absolute atomic E-state index is 0.0449. The first kappa shape index (κ1) is 17.1. The number of piperidine rings is 1. The number of morpholine rings is 1. The standard InChI is InChI=1S/C14H29N3O3S/c1-4-8-17(14-6-5-7-15-9-14)21(18,19)16-10-12(2)20-13(3)11-16/h12-15H,4-11H2,1-3H3. The van der Waals surface area contributed by atoms with Gasteiger partial charge in [-0.1, -0.05) is 6.92 Å². The maximum absolute atomic E-state index is 13.0. The van der Waals surface area contributed by atoms with E-state index in [4.69, 9.17) is 4.74 Å². The van der Waals surface area contributed by atoms with Crippen LogP contribution in [0.4, 0.5) is 0 Å². The van der Waals surface area contributed by atoms with Crippen molar-refractivity contribution in [2.45, 2.75) is 58.3 Å². The second kappa shape index (κ2) is 7.37. The number of nitrogens with zero attached hydrogens (tertiary/aromatic N) is 2. The van der Waals surface area contributed by atoms with Crippen LogP contribution in [0, 0.1) is 0 Å². The van der Waals surface area contributed by atoms with Gasteiger partial charge in [0.2, 0.25) is 0 Å². The summed E-state index contributed by atoms with van der Waals surface area (Å²) in [5, 5.41) is 3.32. The Morgan fingerprint density at radius 3 is 2.48 bits per heavy atom. The van der Waals surface area contributed by atoms with Crippen LogP contribution in [0.5, 0.6) is 0 Å². The predicted octanol–water partition coefficient (Wildman–Crippen LogP) is 0.804. The molecule has 2 fully saturated rings. The van der Waals surface area contributed by atoms with E-state index in [9.17, 15) is 8.42 Å². The first-order chi connectivity index (χ1) is 9.95. The summed E-state index contributed by atoms with van der Waals surface area (Å²) >= 11 is 0. The first-order valence-corrected chi connectivity index (χ1v) is 9.48. The lowest BCUT2D eigenvalue weighted by Gasteiger charge is -2.40. The van der Waals surface area contributed by atoms with E-state index >= 15 is 0 Å². The number of hydrogen-bond donors (Lipinski definition) is 1. The summed E-state index contributed by atoms with van der Waals surface area (Å²) in [4.78, 5) is 0. The van der Waals surface area contributed by atoms with Crippen LogP contribution in [0.25, 0.3) is 0 Å². The third-order valence-corrected chi connectivity index (χ3v) is 6.16. The van der Waals surface area contributed by atoms with E-state index < -0.39 is 10.2 Å². The molecule has 1 N–H and O–H groups in total. The van der Waals surface area contributed by atoms with Crippen LogP contribution < -0.4 is 5.32 Å². The van der Waals surface area contributed by atoms with E-state index in [0.717, 1.165) is 32.4 Å². The zero-order chi connectivity index (χ0) is 15.5. The topological polar surface area (TPSA) is 61.9 Å². The van der Waals surface area contributed by atoms with Crippen LogP contribution in [0.15, 0.2) is 0 Å². The van der Waals surface area contributed by atoms with Crippen molar-refractivity contribution < 1.29 is 13.2 Å². The van der Waals surface area contributed by atoms with E-state index in [2.05, 4.69) is 5.32 Å². The van der Waals surface area contributed by atoms with E-state index in [1.807, 2.05) is 20.8 Å². The van der Waals surface area contributed by atoms with Crippen molar-refractivity contribution >= 4 is 10.2 Å². The second-order valence-corrected chi connectivity index (χ2v) is 8.07. The lowest BCUT2D eigenvalue weighted by atomic mass is 10.1. The normalized spacial score (nSPS) is 32.5. The van der Waals surface area contributed by atoms with Crippen LogP contribution >= 0.6 is 0 Å². The van der Waals surface area contributed by atoms with Crippen LogP contribution in [-0.4, -0.2) is 68.0 Å². The molecule has 0 amide bonds. The fourth-order valence-corrected chi connectivity index (χ4v) is 5.32. The Balaban J connectivity index is 2.16. The molecule has 6 nitrogen and oxygen atoms in total. The van der Waals surface area contributed by atoms with Gasteiger partial charge in [0, 0.05) is 32.2 Å². The van der Waals surface area contributed by atoms with Crippen LogP contribution in [0.2, 0.25) is 0 Å². The SMILES string of the molecule is CCCN(C1CCCNC1)S(=O)(=O)N1CC(C)OC(C)C1.